The molecule has 1 aliphatic carbocycles. The fourth-order valence-electron chi connectivity index (χ4n) is 3.78. The smallest absolute Gasteiger partial charge is 0.0991 e. The van der Waals surface area contributed by atoms with E-state index in [1.54, 1.807) is 0 Å². The van der Waals surface area contributed by atoms with E-state index in [1.807, 2.05) is 18.7 Å². The molecule has 0 spiro atoms. The third kappa shape index (κ3) is 4.68. The predicted molar refractivity (Wildman–Crippen MR) is 95.7 cm³/mol. The van der Waals surface area contributed by atoms with Crippen molar-refractivity contribution in [2.24, 2.45) is 5.92 Å². The van der Waals surface area contributed by atoms with Gasteiger partial charge in [-0.05, 0) is 30.9 Å². The summed E-state index contributed by atoms with van der Waals surface area (Å²) in [4.78, 5) is 4.16. The molecule has 3 rings (SSSR count). The Morgan fingerprint density at radius 3 is 2.70 bits per heavy atom. The number of benzene rings is 1. The van der Waals surface area contributed by atoms with E-state index in [-0.39, 0.29) is 0 Å². The summed E-state index contributed by atoms with van der Waals surface area (Å²) in [5.41, 5.74) is 2.55. The molecule has 0 saturated heterocycles. The van der Waals surface area contributed by atoms with Crippen molar-refractivity contribution in [3.63, 3.8) is 0 Å². The van der Waals surface area contributed by atoms with E-state index in [9.17, 15) is 0 Å². The van der Waals surface area contributed by atoms with Gasteiger partial charge in [-0.1, -0.05) is 56.7 Å². The molecule has 1 saturated carbocycles. The van der Waals surface area contributed by atoms with Crippen LogP contribution < -0.4 is 5.32 Å². The Balaban J connectivity index is 1.56. The summed E-state index contributed by atoms with van der Waals surface area (Å²) in [5.74, 6) is 0.920. The molecule has 1 aromatic heterocycles. The average molecular weight is 311 g/mol. The molecule has 1 heterocycles. The van der Waals surface area contributed by atoms with E-state index in [0.717, 1.165) is 12.5 Å². The van der Waals surface area contributed by atoms with Crippen LogP contribution >= 0.6 is 0 Å². The summed E-state index contributed by atoms with van der Waals surface area (Å²) < 4.78 is 2.09. The topological polar surface area (TPSA) is 29.9 Å². The SMILES string of the molecule is C[C@@H](CC1CCCCCC1)NCc1ccccc1-n1ccnc1. The number of hydrogen-bond donors (Lipinski definition) is 1. The fraction of sp³-hybridized carbons (Fsp3) is 0.550. The van der Waals surface area contributed by atoms with Gasteiger partial charge in [0.1, 0.15) is 0 Å². The molecule has 1 atom stereocenters. The highest BCUT2D eigenvalue weighted by atomic mass is 15.0. The van der Waals surface area contributed by atoms with Gasteiger partial charge in [-0.2, -0.15) is 0 Å². The standard InChI is InChI=1S/C20H29N3/c1-17(14-18-8-4-2-3-5-9-18)22-15-19-10-6-7-11-20(19)23-13-12-21-16-23/h6-7,10-13,16-18,22H,2-5,8-9,14-15H2,1H3/t17-/m0/s1. The molecule has 1 aromatic carbocycles. The lowest BCUT2D eigenvalue weighted by Gasteiger charge is -2.21. The second kappa shape index (κ2) is 8.30. The van der Waals surface area contributed by atoms with Crippen molar-refractivity contribution in [3.05, 3.63) is 48.5 Å². The predicted octanol–water partition coefficient (Wildman–Crippen LogP) is 4.71. The molecule has 0 unspecified atom stereocenters. The van der Waals surface area contributed by atoms with E-state index in [4.69, 9.17) is 0 Å². The molecule has 1 N–H and O–H groups in total. The zero-order valence-corrected chi connectivity index (χ0v) is 14.2. The van der Waals surface area contributed by atoms with Crippen LogP contribution in [0.4, 0.5) is 0 Å². The summed E-state index contributed by atoms with van der Waals surface area (Å²) in [6.45, 7) is 3.26. The lowest BCUT2D eigenvalue weighted by atomic mass is 9.93. The van der Waals surface area contributed by atoms with E-state index in [1.165, 1.54) is 56.2 Å². The van der Waals surface area contributed by atoms with Crippen molar-refractivity contribution in [2.45, 2.75) is 64.5 Å². The molecule has 23 heavy (non-hydrogen) atoms. The van der Waals surface area contributed by atoms with E-state index in [0.29, 0.717) is 6.04 Å². The number of imidazole rings is 1. The molecule has 0 bridgehead atoms. The molecule has 1 fully saturated rings. The zero-order valence-electron chi connectivity index (χ0n) is 14.2. The summed E-state index contributed by atoms with van der Waals surface area (Å²) in [6.07, 6.45) is 15.6. The maximum Gasteiger partial charge on any atom is 0.0991 e. The highest BCUT2D eigenvalue weighted by Crippen LogP contribution is 2.26. The van der Waals surface area contributed by atoms with Gasteiger partial charge in [0.15, 0.2) is 0 Å². The Morgan fingerprint density at radius 2 is 1.96 bits per heavy atom. The quantitative estimate of drug-likeness (QED) is 0.783. The third-order valence-corrected chi connectivity index (χ3v) is 5.08. The van der Waals surface area contributed by atoms with Gasteiger partial charge in [0.25, 0.3) is 0 Å². The largest absolute Gasteiger partial charge is 0.310 e. The molecule has 2 aromatic rings. The van der Waals surface area contributed by atoms with Crippen molar-refractivity contribution in [3.8, 4) is 5.69 Å². The van der Waals surface area contributed by atoms with Crippen LogP contribution in [-0.2, 0) is 6.54 Å². The first-order chi connectivity index (χ1) is 11.3. The van der Waals surface area contributed by atoms with Crippen molar-refractivity contribution in [1.82, 2.24) is 14.9 Å². The van der Waals surface area contributed by atoms with Gasteiger partial charge in [0, 0.05) is 25.0 Å². The van der Waals surface area contributed by atoms with E-state index >= 15 is 0 Å². The first kappa shape index (κ1) is 16.3. The molecule has 0 radical (unpaired) electrons. The molecular weight excluding hydrogens is 282 g/mol. The minimum Gasteiger partial charge on any atom is -0.310 e. The van der Waals surface area contributed by atoms with Gasteiger partial charge >= 0.3 is 0 Å². The molecule has 0 aliphatic heterocycles. The van der Waals surface area contributed by atoms with Gasteiger partial charge in [-0.3, -0.25) is 0 Å². The monoisotopic (exact) mass is 311 g/mol. The van der Waals surface area contributed by atoms with Crippen molar-refractivity contribution >= 4 is 0 Å². The summed E-state index contributed by atoms with van der Waals surface area (Å²) in [5, 5.41) is 3.74. The lowest BCUT2D eigenvalue weighted by Crippen LogP contribution is -2.28. The normalized spacial score (nSPS) is 17.8. The van der Waals surface area contributed by atoms with Crippen LogP contribution in [0.1, 0.15) is 57.4 Å². The Bertz CT molecular complexity index is 568. The van der Waals surface area contributed by atoms with Crippen molar-refractivity contribution < 1.29 is 0 Å². The first-order valence-corrected chi connectivity index (χ1v) is 9.12. The number of nitrogens with one attached hydrogen (secondary N) is 1. The maximum atomic E-state index is 4.16. The first-order valence-electron chi connectivity index (χ1n) is 9.12. The lowest BCUT2D eigenvalue weighted by molar-refractivity contribution is 0.363. The minimum atomic E-state index is 0.578. The summed E-state index contributed by atoms with van der Waals surface area (Å²) >= 11 is 0. The van der Waals surface area contributed by atoms with Crippen LogP contribution in [0.3, 0.4) is 0 Å². The van der Waals surface area contributed by atoms with Crippen LogP contribution in [0.25, 0.3) is 5.69 Å². The van der Waals surface area contributed by atoms with Gasteiger partial charge in [-0.25, -0.2) is 4.98 Å². The van der Waals surface area contributed by atoms with Gasteiger partial charge in [0.2, 0.25) is 0 Å². The van der Waals surface area contributed by atoms with Crippen LogP contribution in [0, 0.1) is 5.92 Å². The Kier molecular flexibility index (Phi) is 5.87. The summed E-state index contributed by atoms with van der Waals surface area (Å²) in [7, 11) is 0. The van der Waals surface area contributed by atoms with Crippen molar-refractivity contribution in [2.75, 3.05) is 0 Å². The second-order valence-corrected chi connectivity index (χ2v) is 6.97. The van der Waals surface area contributed by atoms with Crippen LogP contribution in [-0.4, -0.2) is 15.6 Å². The highest BCUT2D eigenvalue weighted by Gasteiger charge is 2.15. The molecule has 0 amide bonds. The number of aromatic nitrogens is 2. The number of nitrogens with zero attached hydrogens (tertiary/aromatic N) is 2. The number of para-hydroxylation sites is 1. The second-order valence-electron chi connectivity index (χ2n) is 6.97. The maximum absolute atomic E-state index is 4.16. The molecule has 124 valence electrons. The molecule has 3 heteroatoms. The molecular formula is C20H29N3. The Hall–Kier alpha value is -1.61. The zero-order chi connectivity index (χ0) is 15.9. The number of rotatable bonds is 6. The summed E-state index contributed by atoms with van der Waals surface area (Å²) in [6, 6.07) is 9.16. The van der Waals surface area contributed by atoms with Crippen molar-refractivity contribution in [1.29, 1.82) is 0 Å². The average Bonchev–Trinajstić information content (AvgIpc) is 2.99. The minimum absolute atomic E-state index is 0.578. The van der Waals surface area contributed by atoms with Crippen LogP contribution in [0.15, 0.2) is 43.0 Å². The van der Waals surface area contributed by atoms with Crippen LogP contribution in [0.5, 0.6) is 0 Å². The van der Waals surface area contributed by atoms with E-state index < -0.39 is 0 Å². The third-order valence-electron chi connectivity index (χ3n) is 5.08. The Labute approximate surface area is 140 Å². The van der Waals surface area contributed by atoms with Gasteiger partial charge < -0.3 is 9.88 Å². The van der Waals surface area contributed by atoms with Gasteiger partial charge in [0.05, 0.1) is 12.0 Å². The van der Waals surface area contributed by atoms with Crippen LogP contribution in [0.2, 0.25) is 0 Å². The molecule has 3 nitrogen and oxygen atoms in total. The molecule has 1 aliphatic rings. The number of hydrogen-bond acceptors (Lipinski definition) is 2. The highest BCUT2D eigenvalue weighted by molar-refractivity contribution is 5.40. The van der Waals surface area contributed by atoms with Gasteiger partial charge in [-0.15, -0.1) is 0 Å². The fourth-order valence-corrected chi connectivity index (χ4v) is 3.78. The van der Waals surface area contributed by atoms with E-state index in [2.05, 4.69) is 46.1 Å². The Morgan fingerprint density at radius 1 is 1.17 bits per heavy atom.